The maximum atomic E-state index is 13.1. The molecule has 0 saturated heterocycles. The maximum absolute atomic E-state index is 13.1. The number of methoxy groups -OCH3 is 2. The van der Waals surface area contributed by atoms with Gasteiger partial charge in [0.25, 0.3) is 5.91 Å². The molecule has 0 fully saturated rings. The van der Waals surface area contributed by atoms with Gasteiger partial charge >= 0.3 is 5.97 Å². The number of aryl methyl sites for hydroxylation is 2. The monoisotopic (exact) mass is 561 g/mol. The largest absolute Gasteiger partial charge is 0.497 e. The van der Waals surface area contributed by atoms with E-state index in [1.165, 1.54) is 0 Å². The van der Waals surface area contributed by atoms with Crippen molar-refractivity contribution in [1.29, 1.82) is 0 Å². The van der Waals surface area contributed by atoms with Gasteiger partial charge in [0.05, 0.1) is 42.2 Å². The first kappa shape index (κ1) is 28.3. The molecule has 8 heteroatoms. The summed E-state index contributed by atoms with van der Waals surface area (Å²) < 4.78 is 16.2. The highest BCUT2D eigenvalue weighted by molar-refractivity contribution is 5.99. The number of carbonyl (C=O) groups excluding carboxylic acids is 2. The minimum atomic E-state index is -1.01. The van der Waals surface area contributed by atoms with Crippen molar-refractivity contribution in [2.24, 2.45) is 0 Å². The van der Waals surface area contributed by atoms with Crippen LogP contribution in [0.2, 0.25) is 0 Å². The number of aromatic nitrogens is 2. The highest BCUT2D eigenvalue weighted by Crippen LogP contribution is 2.33. The second kappa shape index (κ2) is 12.1. The number of rotatable bonds is 8. The Kier molecular flexibility index (Phi) is 8.15. The summed E-state index contributed by atoms with van der Waals surface area (Å²) in [4.78, 5) is 35.8. The van der Waals surface area contributed by atoms with E-state index < -0.39 is 18.0 Å². The molecule has 5 rings (SSSR count). The number of carbonyl (C=O) groups is 2. The zero-order valence-electron chi connectivity index (χ0n) is 24.1. The van der Waals surface area contributed by atoms with E-state index in [2.05, 4.69) is 5.32 Å². The van der Waals surface area contributed by atoms with Crippen LogP contribution >= 0.6 is 0 Å². The van der Waals surface area contributed by atoms with Crippen LogP contribution < -0.4 is 14.8 Å². The van der Waals surface area contributed by atoms with Crippen LogP contribution in [-0.4, -0.2) is 42.2 Å². The van der Waals surface area contributed by atoms with E-state index in [0.717, 1.165) is 33.8 Å². The van der Waals surface area contributed by atoms with E-state index in [0.29, 0.717) is 28.1 Å². The number of hydrogen-bond acceptors (Lipinski definition) is 7. The second-order valence-corrected chi connectivity index (χ2v) is 9.88. The molecule has 0 saturated carbocycles. The average molecular weight is 562 g/mol. The molecular formula is C34H31N3O5. The van der Waals surface area contributed by atoms with Gasteiger partial charge in [0.2, 0.25) is 0 Å². The summed E-state index contributed by atoms with van der Waals surface area (Å²) in [5, 5.41) is 2.87. The molecule has 0 spiro atoms. The molecule has 1 heterocycles. The molecule has 0 aliphatic rings. The lowest BCUT2D eigenvalue weighted by atomic mass is 10.0. The fourth-order valence-electron chi connectivity index (χ4n) is 4.60. The van der Waals surface area contributed by atoms with Crippen LogP contribution in [0.25, 0.3) is 33.5 Å². The topological polar surface area (TPSA) is 99.6 Å². The molecule has 42 heavy (non-hydrogen) atoms. The summed E-state index contributed by atoms with van der Waals surface area (Å²) in [7, 11) is 3.23. The number of fused-ring (bicyclic) bond motifs is 1. The molecule has 8 nitrogen and oxygen atoms in total. The Morgan fingerprint density at radius 1 is 0.714 bits per heavy atom. The Labute approximate surface area is 244 Å². The fraction of sp³-hybridized carbons (Fsp3) is 0.176. The molecule has 1 N–H and O–H groups in total. The maximum Gasteiger partial charge on any atom is 0.338 e. The summed E-state index contributed by atoms with van der Waals surface area (Å²) in [6.07, 6.45) is -1.01. The van der Waals surface area contributed by atoms with Gasteiger partial charge in [0, 0.05) is 16.8 Å². The van der Waals surface area contributed by atoms with E-state index in [-0.39, 0.29) is 5.56 Å². The van der Waals surface area contributed by atoms with Crippen molar-refractivity contribution < 1.29 is 23.8 Å². The van der Waals surface area contributed by atoms with Gasteiger partial charge in [0.15, 0.2) is 6.10 Å². The molecule has 1 aromatic heterocycles. The van der Waals surface area contributed by atoms with E-state index in [1.807, 2.05) is 80.6 Å². The van der Waals surface area contributed by atoms with Gasteiger partial charge in [-0.1, -0.05) is 18.2 Å². The quantitative estimate of drug-likeness (QED) is 0.208. The van der Waals surface area contributed by atoms with E-state index in [1.54, 1.807) is 39.3 Å². The third kappa shape index (κ3) is 5.93. The van der Waals surface area contributed by atoms with E-state index in [4.69, 9.17) is 24.2 Å². The SMILES string of the molecule is COc1ccc(-c2nc3ccc(C(=O)OC(C)C(=O)Nc4c(C)cccc4C)cc3nc2-c2ccc(OC)cc2)cc1. The number of hydrogen-bond donors (Lipinski definition) is 1. The zero-order chi connectivity index (χ0) is 29.8. The number of esters is 1. The number of anilines is 1. The molecule has 1 unspecified atom stereocenters. The van der Waals surface area contributed by atoms with Crippen LogP contribution in [0.4, 0.5) is 5.69 Å². The van der Waals surface area contributed by atoms with E-state index >= 15 is 0 Å². The lowest BCUT2D eigenvalue weighted by Gasteiger charge is -2.16. The van der Waals surface area contributed by atoms with Gasteiger partial charge in [-0.3, -0.25) is 4.79 Å². The lowest BCUT2D eigenvalue weighted by Crippen LogP contribution is -2.30. The smallest absolute Gasteiger partial charge is 0.338 e. The second-order valence-electron chi connectivity index (χ2n) is 9.88. The van der Waals surface area contributed by atoms with Gasteiger partial charge in [-0.05, 0) is 98.6 Å². The third-order valence-corrected chi connectivity index (χ3v) is 7.01. The van der Waals surface area contributed by atoms with Crippen LogP contribution in [0.5, 0.6) is 11.5 Å². The molecule has 0 bridgehead atoms. The molecule has 5 aromatic rings. The predicted octanol–water partition coefficient (Wildman–Crippen LogP) is 6.78. The number of amides is 1. The lowest BCUT2D eigenvalue weighted by molar-refractivity contribution is -0.123. The molecule has 1 atom stereocenters. The van der Waals surface area contributed by atoms with Crippen LogP contribution in [-0.2, 0) is 9.53 Å². The van der Waals surface area contributed by atoms with Crippen molar-refractivity contribution in [3.8, 4) is 34.0 Å². The molecule has 4 aromatic carbocycles. The summed E-state index contributed by atoms with van der Waals surface area (Å²) >= 11 is 0. The number of nitrogens with zero attached hydrogens (tertiary/aromatic N) is 2. The first-order valence-corrected chi connectivity index (χ1v) is 13.5. The highest BCUT2D eigenvalue weighted by atomic mass is 16.5. The van der Waals surface area contributed by atoms with Gasteiger partial charge in [-0.15, -0.1) is 0 Å². The minimum absolute atomic E-state index is 0.265. The van der Waals surface area contributed by atoms with Gasteiger partial charge in [-0.2, -0.15) is 0 Å². The highest BCUT2D eigenvalue weighted by Gasteiger charge is 2.21. The summed E-state index contributed by atoms with van der Waals surface area (Å²) in [6.45, 7) is 5.37. The van der Waals surface area contributed by atoms with Crippen LogP contribution in [0.15, 0.2) is 84.9 Å². The first-order chi connectivity index (χ1) is 20.3. The number of para-hydroxylation sites is 1. The summed E-state index contributed by atoms with van der Waals surface area (Å²) in [6, 6.07) is 25.9. The Bertz CT molecular complexity index is 1750. The Balaban J connectivity index is 1.46. The number of nitrogens with one attached hydrogen (secondary N) is 1. The molecule has 0 radical (unpaired) electrons. The van der Waals surface area contributed by atoms with E-state index in [9.17, 15) is 9.59 Å². The van der Waals surface area contributed by atoms with Gasteiger partial charge in [-0.25, -0.2) is 14.8 Å². The molecule has 0 aliphatic heterocycles. The standard InChI is InChI=1S/C34H31N3O5/c1-20-7-6-8-21(2)30(20)37-33(38)22(3)42-34(39)25-13-18-28-29(19-25)36-32(24-11-16-27(41-5)17-12-24)31(35-28)23-9-14-26(40-4)15-10-23/h6-19,22H,1-5H3,(H,37,38). The predicted molar refractivity (Wildman–Crippen MR) is 163 cm³/mol. The summed E-state index contributed by atoms with van der Waals surface area (Å²) in [5.74, 6) is 0.415. The van der Waals surface area contributed by atoms with Crippen LogP contribution in [0.3, 0.4) is 0 Å². The average Bonchev–Trinajstić information content (AvgIpc) is 3.02. The Morgan fingerprint density at radius 2 is 1.24 bits per heavy atom. The number of benzene rings is 4. The Morgan fingerprint density at radius 3 is 1.76 bits per heavy atom. The van der Waals surface area contributed by atoms with Crippen molar-refractivity contribution >= 4 is 28.6 Å². The van der Waals surface area contributed by atoms with Crippen LogP contribution in [0.1, 0.15) is 28.4 Å². The van der Waals surface area contributed by atoms with Crippen LogP contribution in [0, 0.1) is 13.8 Å². The molecule has 1 amide bonds. The van der Waals surface area contributed by atoms with Crippen molar-refractivity contribution in [2.75, 3.05) is 19.5 Å². The third-order valence-electron chi connectivity index (χ3n) is 7.01. The van der Waals surface area contributed by atoms with Crippen molar-refractivity contribution in [1.82, 2.24) is 9.97 Å². The normalized spacial score (nSPS) is 11.5. The minimum Gasteiger partial charge on any atom is -0.497 e. The molecule has 0 aliphatic carbocycles. The van der Waals surface area contributed by atoms with Crippen molar-refractivity contribution in [3.05, 3.63) is 102 Å². The van der Waals surface area contributed by atoms with Crippen molar-refractivity contribution in [2.45, 2.75) is 26.9 Å². The molecule has 212 valence electrons. The zero-order valence-corrected chi connectivity index (χ0v) is 24.1. The van der Waals surface area contributed by atoms with Gasteiger partial charge < -0.3 is 19.5 Å². The Hall–Kier alpha value is -5.24. The first-order valence-electron chi connectivity index (χ1n) is 13.5. The van der Waals surface area contributed by atoms with Gasteiger partial charge in [0.1, 0.15) is 11.5 Å². The summed E-state index contributed by atoms with van der Waals surface area (Å²) in [5.41, 5.74) is 6.98. The number of ether oxygens (including phenoxy) is 3. The fourth-order valence-corrected chi connectivity index (χ4v) is 4.60. The molecular weight excluding hydrogens is 530 g/mol. The van der Waals surface area contributed by atoms with Crippen molar-refractivity contribution in [3.63, 3.8) is 0 Å².